The van der Waals surface area contributed by atoms with Gasteiger partial charge >= 0.3 is 13.1 Å². The molecule has 1 aromatic rings. The molecule has 2 saturated heterocycles. The van der Waals surface area contributed by atoms with Crippen molar-refractivity contribution < 1.29 is 19.2 Å². The molecule has 2 aliphatic rings. The van der Waals surface area contributed by atoms with Crippen LogP contribution in [0.3, 0.4) is 0 Å². The van der Waals surface area contributed by atoms with E-state index >= 15 is 0 Å². The Morgan fingerprint density at radius 1 is 1.27 bits per heavy atom. The Balaban J connectivity index is 1.78. The van der Waals surface area contributed by atoms with E-state index in [1.807, 2.05) is 27.7 Å². The second-order valence-electron chi connectivity index (χ2n) is 8.11. The zero-order valence-electron chi connectivity index (χ0n) is 16.3. The Kier molecular flexibility index (Phi) is 5.01. The lowest BCUT2D eigenvalue weighted by atomic mass is 9.78. The molecule has 8 heteroatoms. The molecule has 0 spiro atoms. The third kappa shape index (κ3) is 3.44. The van der Waals surface area contributed by atoms with Crippen molar-refractivity contribution in [3.05, 3.63) is 11.9 Å². The van der Waals surface area contributed by atoms with Crippen LogP contribution >= 0.6 is 0 Å². The average Bonchev–Trinajstić information content (AvgIpc) is 2.82. The molecule has 2 fully saturated rings. The van der Waals surface area contributed by atoms with Gasteiger partial charge in [0.15, 0.2) is 0 Å². The van der Waals surface area contributed by atoms with Crippen LogP contribution in [0.1, 0.15) is 53.2 Å². The van der Waals surface area contributed by atoms with Gasteiger partial charge in [0.2, 0.25) is 5.95 Å². The number of piperidine rings is 1. The molecular weight excluding hydrogens is 333 g/mol. The molecule has 3 rings (SSSR count). The van der Waals surface area contributed by atoms with Crippen molar-refractivity contribution in [3.63, 3.8) is 0 Å². The van der Waals surface area contributed by atoms with E-state index in [1.165, 1.54) is 0 Å². The predicted octanol–water partition coefficient (Wildman–Crippen LogP) is 1.64. The fraction of sp³-hybridized carbons (Fsp3) is 0.722. The summed E-state index contributed by atoms with van der Waals surface area (Å²) < 4.78 is 12.3. The minimum absolute atomic E-state index is 0.263. The van der Waals surface area contributed by atoms with Crippen molar-refractivity contribution in [1.29, 1.82) is 0 Å². The average molecular weight is 361 g/mol. The molecular formula is C18H28BN3O4. The first-order valence-corrected chi connectivity index (χ1v) is 9.34. The van der Waals surface area contributed by atoms with E-state index in [-0.39, 0.29) is 5.92 Å². The van der Waals surface area contributed by atoms with Crippen LogP contribution in [-0.4, -0.2) is 52.5 Å². The van der Waals surface area contributed by atoms with Crippen LogP contribution in [0.5, 0.6) is 0 Å². The molecule has 0 saturated carbocycles. The van der Waals surface area contributed by atoms with Gasteiger partial charge in [-0.2, -0.15) is 0 Å². The Labute approximate surface area is 155 Å². The third-order valence-electron chi connectivity index (χ3n) is 5.86. The van der Waals surface area contributed by atoms with Crippen LogP contribution in [0.4, 0.5) is 5.95 Å². The lowest BCUT2D eigenvalue weighted by Crippen LogP contribution is -2.41. The number of hydrogen-bond donors (Lipinski definition) is 1. The lowest BCUT2D eigenvalue weighted by molar-refractivity contribution is -0.142. The van der Waals surface area contributed by atoms with Gasteiger partial charge in [0.1, 0.15) is 0 Å². The Morgan fingerprint density at radius 3 is 2.35 bits per heavy atom. The smallest absolute Gasteiger partial charge is 0.481 e. The van der Waals surface area contributed by atoms with Crippen LogP contribution in [-0.2, 0) is 20.5 Å². The summed E-state index contributed by atoms with van der Waals surface area (Å²) >= 11 is 0. The summed E-state index contributed by atoms with van der Waals surface area (Å²) in [6.45, 7) is 11.5. The first kappa shape index (κ1) is 19.1. The summed E-state index contributed by atoms with van der Waals surface area (Å²) in [5.41, 5.74) is 0.976. The van der Waals surface area contributed by atoms with Crippen molar-refractivity contribution in [1.82, 2.24) is 9.97 Å². The number of carboxylic acid groups (broad SMARTS) is 1. The summed E-state index contributed by atoms with van der Waals surface area (Å²) in [5.74, 6) is -0.317. The summed E-state index contributed by atoms with van der Waals surface area (Å²) in [5, 5.41) is 9.14. The molecule has 2 aliphatic heterocycles. The normalized spacial score (nSPS) is 22.7. The zero-order valence-corrected chi connectivity index (χ0v) is 16.3. The maximum absolute atomic E-state index is 11.1. The number of rotatable bonds is 4. The molecule has 3 heterocycles. The number of hydrogen-bond acceptors (Lipinski definition) is 6. The highest BCUT2D eigenvalue weighted by atomic mass is 16.7. The van der Waals surface area contributed by atoms with E-state index in [9.17, 15) is 4.79 Å². The SMILES string of the molecule is CCc1nc(N2CCC(C(=O)O)CC2)ncc1B1OC(C)(C)C(C)(C)O1. The third-order valence-corrected chi connectivity index (χ3v) is 5.86. The molecule has 0 amide bonds. The highest BCUT2D eigenvalue weighted by molar-refractivity contribution is 6.62. The van der Waals surface area contributed by atoms with E-state index in [4.69, 9.17) is 19.4 Å². The summed E-state index contributed by atoms with van der Waals surface area (Å²) in [6.07, 6.45) is 3.80. The molecule has 1 aromatic heterocycles. The maximum atomic E-state index is 11.1. The molecule has 0 atom stereocenters. The van der Waals surface area contributed by atoms with Crippen LogP contribution in [0.25, 0.3) is 0 Å². The molecule has 0 unspecified atom stereocenters. The highest BCUT2D eigenvalue weighted by Gasteiger charge is 2.52. The number of carbonyl (C=O) groups is 1. The van der Waals surface area contributed by atoms with Gasteiger partial charge in [0, 0.05) is 30.4 Å². The van der Waals surface area contributed by atoms with Gasteiger partial charge in [-0.3, -0.25) is 4.79 Å². The Morgan fingerprint density at radius 2 is 1.85 bits per heavy atom. The number of anilines is 1. The van der Waals surface area contributed by atoms with Gasteiger partial charge in [-0.05, 0) is 47.0 Å². The number of nitrogens with zero attached hydrogens (tertiary/aromatic N) is 3. The van der Waals surface area contributed by atoms with Gasteiger partial charge in [-0.1, -0.05) is 6.92 Å². The fourth-order valence-corrected chi connectivity index (χ4v) is 3.34. The van der Waals surface area contributed by atoms with E-state index in [2.05, 4.69) is 16.8 Å². The van der Waals surface area contributed by atoms with Crippen LogP contribution in [0.15, 0.2) is 6.20 Å². The van der Waals surface area contributed by atoms with Gasteiger partial charge in [0.25, 0.3) is 0 Å². The predicted molar refractivity (Wildman–Crippen MR) is 99.7 cm³/mol. The molecule has 0 radical (unpaired) electrons. The van der Waals surface area contributed by atoms with Crippen molar-refractivity contribution in [3.8, 4) is 0 Å². The second-order valence-corrected chi connectivity index (χ2v) is 8.11. The maximum Gasteiger partial charge on any atom is 0.498 e. The molecule has 26 heavy (non-hydrogen) atoms. The first-order valence-electron chi connectivity index (χ1n) is 9.34. The van der Waals surface area contributed by atoms with Gasteiger partial charge in [-0.15, -0.1) is 0 Å². The quantitative estimate of drug-likeness (QED) is 0.816. The van der Waals surface area contributed by atoms with E-state index < -0.39 is 24.3 Å². The van der Waals surface area contributed by atoms with Crippen molar-refractivity contribution >= 4 is 24.5 Å². The Bertz CT molecular complexity index is 671. The topological polar surface area (TPSA) is 84.8 Å². The number of aromatic nitrogens is 2. The molecule has 7 nitrogen and oxygen atoms in total. The van der Waals surface area contributed by atoms with Crippen LogP contribution in [0.2, 0.25) is 0 Å². The second kappa shape index (κ2) is 6.81. The monoisotopic (exact) mass is 361 g/mol. The molecule has 0 aromatic carbocycles. The molecule has 142 valence electrons. The summed E-state index contributed by atoms with van der Waals surface area (Å²) in [7, 11) is -0.471. The summed E-state index contributed by atoms with van der Waals surface area (Å²) in [6, 6.07) is 0. The zero-order chi connectivity index (χ0) is 19.1. The van der Waals surface area contributed by atoms with E-state index in [0.29, 0.717) is 31.9 Å². The van der Waals surface area contributed by atoms with Crippen molar-refractivity contribution in [2.75, 3.05) is 18.0 Å². The summed E-state index contributed by atoms with van der Waals surface area (Å²) in [4.78, 5) is 22.4. The van der Waals surface area contributed by atoms with Crippen molar-refractivity contribution in [2.24, 2.45) is 5.92 Å². The number of aliphatic carboxylic acids is 1. The highest BCUT2D eigenvalue weighted by Crippen LogP contribution is 2.36. The molecule has 0 aliphatic carbocycles. The van der Waals surface area contributed by atoms with Gasteiger partial charge < -0.3 is 19.3 Å². The van der Waals surface area contributed by atoms with Gasteiger partial charge in [-0.25, -0.2) is 9.97 Å². The Hall–Kier alpha value is -1.67. The standard InChI is InChI=1S/C18H28BN3O4/c1-6-14-13(19-25-17(2,3)18(4,5)26-19)11-20-16(21-14)22-9-7-12(8-10-22)15(23)24/h11-12H,6-10H2,1-5H3,(H,23,24). The lowest BCUT2D eigenvalue weighted by Gasteiger charge is -2.32. The van der Waals surface area contributed by atoms with Crippen molar-refractivity contribution in [2.45, 2.75) is 65.1 Å². The molecule has 0 bridgehead atoms. The van der Waals surface area contributed by atoms with Gasteiger partial charge in [0.05, 0.1) is 17.1 Å². The van der Waals surface area contributed by atoms with E-state index in [1.54, 1.807) is 6.20 Å². The first-order chi connectivity index (χ1) is 12.1. The van der Waals surface area contributed by atoms with E-state index in [0.717, 1.165) is 17.6 Å². The number of carboxylic acids is 1. The fourth-order valence-electron chi connectivity index (χ4n) is 3.34. The molecule has 1 N–H and O–H groups in total. The number of aryl methyl sites for hydroxylation is 1. The van der Waals surface area contributed by atoms with Crippen LogP contribution in [0, 0.1) is 5.92 Å². The minimum atomic E-state index is -0.712. The largest absolute Gasteiger partial charge is 0.498 e. The van der Waals surface area contributed by atoms with Crippen LogP contribution < -0.4 is 10.4 Å². The minimum Gasteiger partial charge on any atom is -0.481 e.